The van der Waals surface area contributed by atoms with Gasteiger partial charge in [-0.3, -0.25) is 9.59 Å². The van der Waals surface area contributed by atoms with E-state index >= 15 is 0 Å². The van der Waals surface area contributed by atoms with Crippen molar-refractivity contribution in [3.05, 3.63) is 59.7 Å². The summed E-state index contributed by atoms with van der Waals surface area (Å²) in [7, 11) is 3.01. The molecule has 0 saturated carbocycles. The molecule has 0 saturated heterocycles. The number of hydrogen-bond donors (Lipinski definition) is 2. The quantitative estimate of drug-likeness (QED) is 0.322. The summed E-state index contributed by atoms with van der Waals surface area (Å²) in [6.45, 7) is 11.3. The number of alkyl carbamates (subject to hydrolysis) is 1. The summed E-state index contributed by atoms with van der Waals surface area (Å²) in [5.41, 5.74) is 4.42. The minimum absolute atomic E-state index is 0.0528. The number of carbonyl (C=O) groups is 4. The number of likely N-dealkylation sites (N-methyl/N-ethyl adjacent to an activating group) is 2. The van der Waals surface area contributed by atoms with E-state index in [1.165, 1.54) is 16.8 Å². The summed E-state index contributed by atoms with van der Waals surface area (Å²) in [6.07, 6.45) is 0.238. The van der Waals surface area contributed by atoms with E-state index in [1.54, 1.807) is 20.9 Å². The van der Waals surface area contributed by atoms with Gasteiger partial charge in [-0.1, -0.05) is 96.5 Å². The smallest absolute Gasteiger partial charge is 0.407 e. The Hall–Kier alpha value is -3.88. The van der Waals surface area contributed by atoms with Crippen molar-refractivity contribution < 1.29 is 29.0 Å². The fourth-order valence-electron chi connectivity index (χ4n) is 5.96. The van der Waals surface area contributed by atoms with Gasteiger partial charge in [0.05, 0.1) is 0 Å². The van der Waals surface area contributed by atoms with Crippen LogP contribution in [0, 0.1) is 17.8 Å². The van der Waals surface area contributed by atoms with Crippen molar-refractivity contribution in [1.29, 1.82) is 0 Å². The second-order valence-corrected chi connectivity index (χ2v) is 12.4. The van der Waals surface area contributed by atoms with Crippen molar-refractivity contribution in [3.63, 3.8) is 0 Å². The van der Waals surface area contributed by atoms with E-state index in [0.717, 1.165) is 22.3 Å². The number of aliphatic carboxylic acids is 1. The Bertz CT molecular complexity index is 1260. The Morgan fingerprint density at radius 3 is 1.86 bits per heavy atom. The van der Waals surface area contributed by atoms with Crippen LogP contribution in [0.25, 0.3) is 11.1 Å². The molecule has 0 spiro atoms. The predicted octanol–water partition coefficient (Wildman–Crippen LogP) is 5.38. The van der Waals surface area contributed by atoms with Gasteiger partial charge >= 0.3 is 12.1 Å². The highest BCUT2D eigenvalue weighted by atomic mass is 16.5. The molecule has 2 aromatic rings. The zero-order valence-electron chi connectivity index (χ0n) is 26.7. The molecule has 9 heteroatoms. The average molecular weight is 594 g/mol. The molecule has 0 radical (unpaired) electrons. The van der Waals surface area contributed by atoms with Crippen LogP contribution in [0.2, 0.25) is 0 Å². The SMILES string of the molecule is CC[C@H](C)[C@H](NC(=O)OCC1c2ccccc2-c2ccccc21)C(=O)N(C)[C@@H](CC(C)C)C(=O)N(C)[C@H](C(=O)O)C(C)C. The van der Waals surface area contributed by atoms with Crippen molar-refractivity contribution in [2.75, 3.05) is 20.7 Å². The van der Waals surface area contributed by atoms with E-state index in [9.17, 15) is 24.3 Å². The summed E-state index contributed by atoms with van der Waals surface area (Å²) in [4.78, 5) is 55.3. The van der Waals surface area contributed by atoms with Gasteiger partial charge in [-0.05, 0) is 46.4 Å². The Labute approximate surface area is 255 Å². The number of carboxylic acids is 1. The summed E-state index contributed by atoms with van der Waals surface area (Å²) in [5, 5.41) is 12.6. The Morgan fingerprint density at radius 1 is 0.860 bits per heavy atom. The summed E-state index contributed by atoms with van der Waals surface area (Å²) in [6, 6.07) is 13.3. The number of carbonyl (C=O) groups excluding carboxylic acids is 3. The minimum Gasteiger partial charge on any atom is -0.480 e. The van der Waals surface area contributed by atoms with E-state index in [1.807, 2.05) is 64.1 Å². The highest BCUT2D eigenvalue weighted by molar-refractivity contribution is 5.93. The van der Waals surface area contributed by atoms with Gasteiger partial charge in [0.15, 0.2) is 0 Å². The van der Waals surface area contributed by atoms with Gasteiger partial charge in [0, 0.05) is 20.0 Å². The van der Waals surface area contributed by atoms with Crippen molar-refractivity contribution >= 4 is 23.9 Å². The monoisotopic (exact) mass is 593 g/mol. The largest absolute Gasteiger partial charge is 0.480 e. The molecule has 4 atom stereocenters. The minimum atomic E-state index is -1.10. The number of fused-ring (bicyclic) bond motifs is 3. The predicted molar refractivity (Wildman–Crippen MR) is 166 cm³/mol. The van der Waals surface area contributed by atoms with Crippen molar-refractivity contribution in [3.8, 4) is 11.1 Å². The fraction of sp³-hybridized carbons (Fsp3) is 0.529. The van der Waals surface area contributed by atoms with Gasteiger partial charge in [-0.2, -0.15) is 0 Å². The van der Waals surface area contributed by atoms with Gasteiger partial charge in [0.25, 0.3) is 0 Å². The lowest BCUT2D eigenvalue weighted by molar-refractivity contribution is -0.155. The van der Waals surface area contributed by atoms with Crippen LogP contribution in [0.1, 0.15) is 71.4 Å². The molecule has 0 bridgehead atoms. The van der Waals surface area contributed by atoms with Crippen molar-refractivity contribution in [2.45, 2.75) is 78.4 Å². The number of nitrogens with one attached hydrogen (secondary N) is 1. The lowest BCUT2D eigenvalue weighted by atomic mass is 9.95. The lowest BCUT2D eigenvalue weighted by Gasteiger charge is -2.37. The first-order valence-electron chi connectivity index (χ1n) is 15.2. The molecule has 2 aromatic carbocycles. The second kappa shape index (κ2) is 14.5. The van der Waals surface area contributed by atoms with Crippen LogP contribution in [0.15, 0.2) is 48.5 Å². The molecular formula is C34H47N3O6. The molecule has 9 nitrogen and oxygen atoms in total. The van der Waals surface area contributed by atoms with Gasteiger partial charge in [-0.15, -0.1) is 0 Å². The maximum atomic E-state index is 13.9. The molecule has 0 unspecified atom stereocenters. The van der Waals surface area contributed by atoms with Crippen LogP contribution >= 0.6 is 0 Å². The van der Waals surface area contributed by atoms with Gasteiger partial charge in [0.2, 0.25) is 11.8 Å². The van der Waals surface area contributed by atoms with Gasteiger partial charge in [-0.25, -0.2) is 9.59 Å². The highest BCUT2D eigenvalue weighted by Gasteiger charge is 2.39. The van der Waals surface area contributed by atoms with Crippen LogP contribution in [0.4, 0.5) is 4.79 Å². The Morgan fingerprint density at radius 2 is 1.40 bits per heavy atom. The molecule has 0 aliphatic heterocycles. The fourth-order valence-corrected chi connectivity index (χ4v) is 5.96. The number of hydrogen-bond acceptors (Lipinski definition) is 5. The van der Waals surface area contributed by atoms with Crippen LogP contribution in [-0.4, -0.2) is 77.6 Å². The number of nitrogens with zero attached hydrogens (tertiary/aromatic N) is 2. The van der Waals surface area contributed by atoms with E-state index < -0.39 is 42.0 Å². The standard InChI is InChI=1S/C34H47N3O6/c1-9-22(6)29(32(39)36(7)28(18-20(2)3)31(38)37(8)30(21(4)5)33(40)41)35-34(42)43-19-27-25-16-12-10-14-23(25)24-15-11-13-17-26(24)27/h10-17,20-22,27-30H,9,18-19H2,1-8H3,(H,35,42)(H,40,41)/t22-,28-,29-,30-/m0/s1. The molecule has 43 heavy (non-hydrogen) atoms. The molecule has 234 valence electrons. The first kappa shape index (κ1) is 33.6. The molecule has 0 fully saturated rings. The van der Waals surface area contributed by atoms with E-state index in [0.29, 0.717) is 12.8 Å². The van der Waals surface area contributed by atoms with Gasteiger partial charge < -0.3 is 25.0 Å². The maximum Gasteiger partial charge on any atom is 0.407 e. The normalized spacial score (nSPS) is 15.2. The summed E-state index contributed by atoms with van der Waals surface area (Å²) >= 11 is 0. The number of rotatable bonds is 13. The first-order valence-corrected chi connectivity index (χ1v) is 15.2. The molecule has 1 aliphatic rings. The van der Waals surface area contributed by atoms with Crippen molar-refractivity contribution in [1.82, 2.24) is 15.1 Å². The topological polar surface area (TPSA) is 116 Å². The average Bonchev–Trinajstić information content (AvgIpc) is 3.29. The molecule has 3 amide bonds. The zero-order chi connectivity index (χ0) is 32.0. The molecule has 0 heterocycles. The van der Waals surface area contributed by atoms with Crippen molar-refractivity contribution in [2.24, 2.45) is 17.8 Å². The highest BCUT2D eigenvalue weighted by Crippen LogP contribution is 2.44. The molecule has 3 rings (SSSR count). The first-order chi connectivity index (χ1) is 20.3. The third kappa shape index (κ3) is 7.56. The molecule has 0 aromatic heterocycles. The Kier molecular flexibility index (Phi) is 11.4. The van der Waals surface area contributed by atoms with E-state index in [2.05, 4.69) is 17.4 Å². The number of ether oxygens (including phenoxy) is 1. The van der Waals surface area contributed by atoms with Crippen LogP contribution < -0.4 is 5.32 Å². The van der Waals surface area contributed by atoms with Gasteiger partial charge in [0.1, 0.15) is 24.7 Å². The van der Waals surface area contributed by atoms with Crippen LogP contribution in [-0.2, 0) is 19.1 Å². The zero-order valence-corrected chi connectivity index (χ0v) is 26.7. The summed E-state index contributed by atoms with van der Waals surface area (Å²) < 4.78 is 5.73. The Balaban J connectivity index is 1.78. The lowest BCUT2D eigenvalue weighted by Crippen LogP contribution is -2.58. The third-order valence-electron chi connectivity index (χ3n) is 8.54. The number of amides is 3. The molecule has 2 N–H and O–H groups in total. The van der Waals surface area contributed by atoms with Crippen LogP contribution in [0.3, 0.4) is 0 Å². The van der Waals surface area contributed by atoms with E-state index in [-0.39, 0.29) is 30.3 Å². The van der Waals surface area contributed by atoms with Crippen LogP contribution in [0.5, 0.6) is 0 Å². The van der Waals surface area contributed by atoms with E-state index in [4.69, 9.17) is 4.74 Å². The number of carboxylic acid groups (broad SMARTS) is 1. The summed E-state index contributed by atoms with van der Waals surface area (Å²) in [5.74, 6) is -2.61. The second-order valence-electron chi connectivity index (χ2n) is 12.4. The maximum absolute atomic E-state index is 13.9. The molecule has 1 aliphatic carbocycles. The number of benzene rings is 2. The third-order valence-corrected chi connectivity index (χ3v) is 8.54. The molecular weight excluding hydrogens is 546 g/mol.